The number of carboxylic acids is 1. The number of carbonyl (C=O) groups is 4. The Labute approximate surface area is 219 Å². The molecule has 37 heavy (non-hydrogen) atoms. The molecular formula is C27H43N3O7. The largest absolute Gasteiger partial charge is 0.480 e. The molecule has 0 spiro atoms. The fourth-order valence-electron chi connectivity index (χ4n) is 3.59. The van der Waals surface area contributed by atoms with Gasteiger partial charge in [-0.15, -0.1) is 0 Å². The third-order valence-electron chi connectivity index (χ3n) is 5.47. The standard InChI is InChI=1S/C27H43N3O7/c1-16(2)14-20(25(33)34)29-23(31)22(17(3)4)30(26(35)37-27(6,7)8)24(32)21(28)18(5)36-15-19-12-10-9-11-13-19/h9-13,16-18,20-22H,14-15,28H2,1-8H3,(H,29,31)(H,33,34). The van der Waals surface area contributed by atoms with Crippen molar-refractivity contribution in [2.75, 3.05) is 0 Å². The number of imide groups is 1. The number of benzene rings is 1. The van der Waals surface area contributed by atoms with Crippen molar-refractivity contribution in [3.8, 4) is 0 Å². The molecular weight excluding hydrogens is 478 g/mol. The molecule has 0 aliphatic rings. The molecule has 0 aliphatic carbocycles. The molecule has 4 atom stereocenters. The number of carboxylic acid groups (broad SMARTS) is 1. The zero-order valence-corrected chi connectivity index (χ0v) is 23.2. The van der Waals surface area contributed by atoms with Gasteiger partial charge in [-0.1, -0.05) is 58.0 Å². The maximum atomic E-state index is 13.6. The Balaban J connectivity index is 3.27. The van der Waals surface area contributed by atoms with Crippen molar-refractivity contribution >= 4 is 23.9 Å². The Morgan fingerprint density at radius 3 is 2.05 bits per heavy atom. The van der Waals surface area contributed by atoms with Crippen molar-refractivity contribution in [3.63, 3.8) is 0 Å². The van der Waals surface area contributed by atoms with Gasteiger partial charge in [0.05, 0.1) is 12.7 Å². The topological polar surface area (TPSA) is 148 Å². The lowest BCUT2D eigenvalue weighted by Gasteiger charge is -2.36. The number of nitrogens with two attached hydrogens (primary N) is 1. The number of hydrogen-bond acceptors (Lipinski definition) is 7. The third kappa shape index (κ3) is 10.5. The molecule has 4 unspecified atom stereocenters. The summed E-state index contributed by atoms with van der Waals surface area (Å²) in [6.07, 6.45) is -1.68. The van der Waals surface area contributed by atoms with E-state index in [1.54, 1.807) is 41.5 Å². The van der Waals surface area contributed by atoms with Gasteiger partial charge in [-0.3, -0.25) is 9.59 Å². The van der Waals surface area contributed by atoms with Gasteiger partial charge < -0.3 is 25.6 Å². The van der Waals surface area contributed by atoms with Crippen molar-refractivity contribution in [2.45, 2.75) is 98.2 Å². The molecule has 0 heterocycles. The third-order valence-corrected chi connectivity index (χ3v) is 5.47. The quantitative estimate of drug-likeness (QED) is 0.379. The maximum absolute atomic E-state index is 13.6. The lowest BCUT2D eigenvalue weighted by Crippen LogP contribution is -2.62. The van der Waals surface area contributed by atoms with Crippen LogP contribution in [-0.4, -0.2) is 63.7 Å². The van der Waals surface area contributed by atoms with E-state index in [0.29, 0.717) is 4.90 Å². The average Bonchev–Trinajstić information content (AvgIpc) is 2.78. The molecule has 0 saturated carbocycles. The SMILES string of the molecule is CC(C)CC(NC(=O)C(C(C)C)N(C(=O)OC(C)(C)C)C(=O)C(N)C(C)OCc1ccccc1)C(=O)O. The van der Waals surface area contributed by atoms with E-state index in [9.17, 15) is 24.3 Å². The summed E-state index contributed by atoms with van der Waals surface area (Å²) in [5.41, 5.74) is 6.14. The van der Waals surface area contributed by atoms with Crippen LogP contribution in [0, 0.1) is 11.8 Å². The first kappa shape index (κ1) is 32.0. The zero-order chi connectivity index (χ0) is 28.5. The maximum Gasteiger partial charge on any atom is 0.417 e. The molecule has 0 bridgehead atoms. The fourth-order valence-corrected chi connectivity index (χ4v) is 3.59. The average molecular weight is 522 g/mol. The highest BCUT2D eigenvalue weighted by atomic mass is 16.6. The summed E-state index contributed by atoms with van der Waals surface area (Å²) in [4.78, 5) is 52.6. The molecule has 0 saturated heterocycles. The second kappa shape index (κ2) is 14.1. The van der Waals surface area contributed by atoms with Crippen molar-refractivity contribution in [1.82, 2.24) is 10.2 Å². The predicted octanol–water partition coefficient (Wildman–Crippen LogP) is 3.32. The molecule has 208 valence electrons. The summed E-state index contributed by atoms with van der Waals surface area (Å²) in [6.45, 7) is 13.6. The van der Waals surface area contributed by atoms with Crippen LogP contribution >= 0.6 is 0 Å². The Bertz CT molecular complexity index is 912. The Morgan fingerprint density at radius 2 is 1.59 bits per heavy atom. The molecule has 10 nitrogen and oxygen atoms in total. The molecule has 0 aromatic heterocycles. The normalized spacial score (nSPS) is 15.0. The van der Waals surface area contributed by atoms with Crippen LogP contribution in [0.2, 0.25) is 0 Å². The van der Waals surface area contributed by atoms with E-state index in [1.165, 1.54) is 0 Å². The van der Waals surface area contributed by atoms with Crippen molar-refractivity contribution in [1.29, 1.82) is 0 Å². The van der Waals surface area contributed by atoms with E-state index in [-0.39, 0.29) is 18.9 Å². The van der Waals surface area contributed by atoms with Crippen LogP contribution in [0.15, 0.2) is 30.3 Å². The van der Waals surface area contributed by atoms with Crippen LogP contribution < -0.4 is 11.1 Å². The molecule has 1 rings (SSSR count). The summed E-state index contributed by atoms with van der Waals surface area (Å²) in [6, 6.07) is 5.46. The van der Waals surface area contributed by atoms with Gasteiger partial charge in [0, 0.05) is 0 Å². The minimum atomic E-state index is -1.36. The van der Waals surface area contributed by atoms with Crippen LogP contribution in [0.25, 0.3) is 0 Å². The van der Waals surface area contributed by atoms with Crippen LogP contribution in [0.4, 0.5) is 4.79 Å². The number of hydrogen-bond donors (Lipinski definition) is 3. The van der Waals surface area contributed by atoms with Crippen LogP contribution in [0.3, 0.4) is 0 Å². The van der Waals surface area contributed by atoms with E-state index in [1.807, 2.05) is 44.2 Å². The summed E-state index contributed by atoms with van der Waals surface area (Å²) in [5.74, 6) is -3.44. The Hall–Kier alpha value is -2.98. The molecule has 1 aromatic rings. The summed E-state index contributed by atoms with van der Waals surface area (Å²) >= 11 is 0. The fraction of sp³-hybridized carbons (Fsp3) is 0.630. The van der Waals surface area contributed by atoms with Gasteiger partial charge in [0.25, 0.3) is 5.91 Å². The number of nitrogens with zero attached hydrogens (tertiary/aromatic N) is 1. The monoisotopic (exact) mass is 521 g/mol. The minimum Gasteiger partial charge on any atom is -0.480 e. The summed E-state index contributed by atoms with van der Waals surface area (Å²) < 4.78 is 11.2. The van der Waals surface area contributed by atoms with Gasteiger partial charge in [-0.2, -0.15) is 0 Å². The first-order valence-corrected chi connectivity index (χ1v) is 12.6. The van der Waals surface area contributed by atoms with E-state index in [0.717, 1.165) is 5.56 Å². The van der Waals surface area contributed by atoms with Crippen molar-refractivity contribution < 1.29 is 33.8 Å². The highest BCUT2D eigenvalue weighted by Crippen LogP contribution is 2.20. The lowest BCUT2D eigenvalue weighted by atomic mass is 9.98. The first-order chi connectivity index (χ1) is 17.0. The highest BCUT2D eigenvalue weighted by molar-refractivity contribution is 6.01. The van der Waals surface area contributed by atoms with Crippen molar-refractivity contribution in [3.05, 3.63) is 35.9 Å². The van der Waals surface area contributed by atoms with Crippen molar-refractivity contribution in [2.24, 2.45) is 17.6 Å². The molecule has 3 amide bonds. The molecule has 4 N–H and O–H groups in total. The van der Waals surface area contributed by atoms with E-state index >= 15 is 0 Å². The molecule has 0 aliphatic heterocycles. The second-order valence-electron chi connectivity index (χ2n) is 10.9. The highest BCUT2D eigenvalue weighted by Gasteiger charge is 2.43. The Morgan fingerprint density at radius 1 is 1.03 bits per heavy atom. The minimum absolute atomic E-state index is 0.0153. The van der Waals surface area contributed by atoms with Crippen LogP contribution in [0.1, 0.15) is 67.4 Å². The number of rotatable bonds is 12. The number of nitrogens with one attached hydrogen (secondary N) is 1. The van der Waals surface area contributed by atoms with Gasteiger partial charge in [0.1, 0.15) is 23.7 Å². The zero-order valence-electron chi connectivity index (χ0n) is 23.2. The number of amides is 3. The van der Waals surface area contributed by atoms with Crippen LogP contribution in [-0.2, 0) is 30.5 Å². The lowest BCUT2D eigenvalue weighted by molar-refractivity contribution is -0.147. The van der Waals surface area contributed by atoms with Gasteiger partial charge in [-0.05, 0) is 51.5 Å². The molecule has 0 radical (unpaired) electrons. The van der Waals surface area contributed by atoms with Gasteiger partial charge in [-0.25, -0.2) is 14.5 Å². The van der Waals surface area contributed by atoms with E-state index < -0.39 is 59.6 Å². The van der Waals surface area contributed by atoms with Gasteiger partial charge in [0.15, 0.2) is 0 Å². The van der Waals surface area contributed by atoms with E-state index in [4.69, 9.17) is 15.2 Å². The summed E-state index contributed by atoms with van der Waals surface area (Å²) in [7, 11) is 0. The van der Waals surface area contributed by atoms with Gasteiger partial charge >= 0.3 is 12.1 Å². The first-order valence-electron chi connectivity index (χ1n) is 12.6. The number of ether oxygens (including phenoxy) is 2. The summed E-state index contributed by atoms with van der Waals surface area (Å²) in [5, 5.41) is 12.1. The molecule has 10 heteroatoms. The van der Waals surface area contributed by atoms with E-state index in [2.05, 4.69) is 5.32 Å². The van der Waals surface area contributed by atoms with Gasteiger partial charge in [0.2, 0.25) is 5.91 Å². The van der Waals surface area contributed by atoms with Crippen LogP contribution in [0.5, 0.6) is 0 Å². The molecule has 0 fully saturated rings. The number of carbonyl (C=O) groups excluding carboxylic acids is 3. The smallest absolute Gasteiger partial charge is 0.417 e. The number of aliphatic carboxylic acids is 1. The molecule has 1 aromatic carbocycles. The predicted molar refractivity (Wildman–Crippen MR) is 139 cm³/mol. The second-order valence-corrected chi connectivity index (χ2v) is 10.9. The Kier molecular flexibility index (Phi) is 12.2.